The third-order valence-corrected chi connectivity index (χ3v) is 3.89. The van der Waals surface area contributed by atoms with E-state index in [0.717, 1.165) is 22.4 Å². The molecule has 0 saturated carbocycles. The molecule has 5 nitrogen and oxygen atoms in total. The Bertz CT molecular complexity index is 911. The Labute approximate surface area is 139 Å². The topological polar surface area (TPSA) is 72.2 Å². The summed E-state index contributed by atoms with van der Waals surface area (Å²) in [6.45, 7) is 4.02. The molecular formula is C19H16N2O3. The second kappa shape index (κ2) is 6.12. The molecule has 5 heteroatoms. The number of carbonyl (C=O) groups is 1. The molecule has 0 aliphatic carbocycles. The maximum atomic E-state index is 12.2. The summed E-state index contributed by atoms with van der Waals surface area (Å²) in [4.78, 5) is 22.6. The van der Waals surface area contributed by atoms with Crippen molar-refractivity contribution in [1.29, 1.82) is 0 Å². The monoisotopic (exact) mass is 320 g/mol. The highest BCUT2D eigenvalue weighted by Crippen LogP contribution is 2.25. The van der Waals surface area contributed by atoms with Gasteiger partial charge in [-0.05, 0) is 37.1 Å². The van der Waals surface area contributed by atoms with Crippen LogP contribution >= 0.6 is 0 Å². The average molecular weight is 320 g/mol. The molecule has 0 unspecified atom stereocenters. The molecule has 0 radical (unpaired) electrons. The van der Waals surface area contributed by atoms with Crippen molar-refractivity contribution in [2.45, 2.75) is 13.8 Å². The first-order valence-corrected chi connectivity index (χ1v) is 7.51. The van der Waals surface area contributed by atoms with Gasteiger partial charge in [0.15, 0.2) is 0 Å². The van der Waals surface area contributed by atoms with Crippen LogP contribution in [0.25, 0.3) is 11.8 Å². The van der Waals surface area contributed by atoms with Crippen LogP contribution < -0.4 is 5.32 Å². The van der Waals surface area contributed by atoms with E-state index in [1.165, 1.54) is 12.1 Å². The fourth-order valence-corrected chi connectivity index (χ4v) is 2.73. The lowest BCUT2D eigenvalue weighted by molar-refractivity contribution is -0.384. The molecule has 24 heavy (non-hydrogen) atoms. The molecule has 120 valence electrons. The molecule has 0 spiro atoms. The lowest BCUT2D eigenvalue weighted by atomic mass is 10.0. The number of rotatable bonds is 3. The Balaban J connectivity index is 1.97. The number of hydrogen-bond donors (Lipinski definition) is 1. The van der Waals surface area contributed by atoms with Crippen molar-refractivity contribution in [3.63, 3.8) is 0 Å². The van der Waals surface area contributed by atoms with Gasteiger partial charge >= 0.3 is 0 Å². The van der Waals surface area contributed by atoms with Crippen molar-refractivity contribution in [3.8, 4) is 0 Å². The minimum absolute atomic E-state index is 0.00124. The fraction of sp³-hybridized carbons (Fsp3) is 0.105. The number of non-ortho nitro benzene ring substituents is 1. The number of hydrogen-bond acceptors (Lipinski definition) is 3. The Morgan fingerprint density at radius 1 is 1.12 bits per heavy atom. The highest BCUT2D eigenvalue weighted by Gasteiger charge is 2.20. The lowest BCUT2D eigenvalue weighted by Gasteiger charge is -2.07. The molecule has 1 amide bonds. The van der Waals surface area contributed by atoms with Crippen LogP contribution in [0.1, 0.15) is 22.3 Å². The third-order valence-electron chi connectivity index (χ3n) is 3.89. The first kappa shape index (κ1) is 15.7. The Morgan fingerprint density at radius 3 is 2.62 bits per heavy atom. The maximum absolute atomic E-state index is 12.2. The number of nitrogens with one attached hydrogen (secondary N) is 1. The molecule has 1 heterocycles. The first-order chi connectivity index (χ1) is 11.4. The van der Waals surface area contributed by atoms with E-state index in [2.05, 4.69) is 11.4 Å². The molecule has 0 saturated heterocycles. The minimum Gasteiger partial charge on any atom is -0.321 e. The summed E-state index contributed by atoms with van der Waals surface area (Å²) in [7, 11) is 0. The third kappa shape index (κ3) is 3.10. The highest BCUT2D eigenvalue weighted by molar-refractivity contribution is 6.10. The van der Waals surface area contributed by atoms with Crippen LogP contribution in [0, 0.1) is 24.0 Å². The number of nitrogens with zero attached hydrogens (tertiary/aromatic N) is 1. The average Bonchev–Trinajstić information content (AvgIpc) is 2.88. The van der Waals surface area contributed by atoms with Gasteiger partial charge in [-0.1, -0.05) is 35.9 Å². The van der Waals surface area contributed by atoms with E-state index in [1.807, 2.05) is 26.0 Å². The zero-order valence-corrected chi connectivity index (χ0v) is 13.4. The number of carbonyl (C=O) groups excluding carboxylic acids is 1. The van der Waals surface area contributed by atoms with Gasteiger partial charge in [0.25, 0.3) is 11.6 Å². The molecule has 1 aliphatic rings. The first-order valence-electron chi connectivity index (χ1n) is 7.51. The van der Waals surface area contributed by atoms with E-state index in [1.54, 1.807) is 24.3 Å². The largest absolute Gasteiger partial charge is 0.321 e. The normalized spacial score (nSPS) is 15.3. The summed E-state index contributed by atoms with van der Waals surface area (Å²) < 4.78 is 0. The minimum atomic E-state index is -0.451. The van der Waals surface area contributed by atoms with Crippen LogP contribution in [0.5, 0.6) is 0 Å². The molecule has 1 N–H and O–H groups in total. The van der Waals surface area contributed by atoms with Gasteiger partial charge in [0.05, 0.1) is 4.92 Å². The molecule has 2 aromatic carbocycles. The SMILES string of the molecule is Cc1ccc(C2=C/C(=C\c3cccc([N+](=O)[O-])c3)C(=O)N2)c(C)c1. The summed E-state index contributed by atoms with van der Waals surface area (Å²) in [5, 5.41) is 13.7. The van der Waals surface area contributed by atoms with Gasteiger partial charge in [-0.25, -0.2) is 0 Å². The molecule has 0 aromatic heterocycles. The van der Waals surface area contributed by atoms with Gasteiger partial charge in [-0.3, -0.25) is 14.9 Å². The molecule has 0 bridgehead atoms. The standard InChI is InChI=1S/C19H16N2O3/c1-12-6-7-17(13(2)8-12)18-11-15(19(22)20-18)9-14-4-3-5-16(10-14)21(23)24/h3-11H,1-2H3,(H,20,22)/b15-9+. The summed E-state index contributed by atoms with van der Waals surface area (Å²) in [6, 6.07) is 12.2. The maximum Gasteiger partial charge on any atom is 0.270 e. The molecule has 3 rings (SSSR count). The van der Waals surface area contributed by atoms with E-state index < -0.39 is 4.92 Å². The van der Waals surface area contributed by atoms with E-state index in [-0.39, 0.29) is 11.6 Å². The van der Waals surface area contributed by atoms with Gasteiger partial charge < -0.3 is 5.32 Å². The molecule has 2 aromatic rings. The van der Waals surface area contributed by atoms with Crippen LogP contribution in [0.15, 0.2) is 54.1 Å². The van der Waals surface area contributed by atoms with Crippen molar-refractivity contribution in [1.82, 2.24) is 5.32 Å². The summed E-state index contributed by atoms with van der Waals surface area (Å²) in [5.74, 6) is -0.212. The van der Waals surface area contributed by atoms with Crippen molar-refractivity contribution in [2.24, 2.45) is 0 Å². The van der Waals surface area contributed by atoms with E-state index in [4.69, 9.17) is 0 Å². The predicted molar refractivity (Wildman–Crippen MR) is 93.1 cm³/mol. The van der Waals surface area contributed by atoms with Gasteiger partial charge in [-0.2, -0.15) is 0 Å². The fourth-order valence-electron chi connectivity index (χ4n) is 2.73. The van der Waals surface area contributed by atoms with Gasteiger partial charge in [0.1, 0.15) is 0 Å². The molecule has 1 aliphatic heterocycles. The molecule has 0 atom stereocenters. The van der Waals surface area contributed by atoms with Crippen LogP contribution in [0.3, 0.4) is 0 Å². The summed E-state index contributed by atoms with van der Waals surface area (Å²) in [5.41, 5.74) is 5.05. The Morgan fingerprint density at radius 2 is 1.92 bits per heavy atom. The van der Waals surface area contributed by atoms with Gasteiger partial charge in [0.2, 0.25) is 0 Å². The highest BCUT2D eigenvalue weighted by atomic mass is 16.6. The number of benzene rings is 2. The van der Waals surface area contributed by atoms with E-state index >= 15 is 0 Å². The zero-order chi connectivity index (χ0) is 17.3. The van der Waals surface area contributed by atoms with Crippen LogP contribution in [0.4, 0.5) is 5.69 Å². The predicted octanol–water partition coefficient (Wildman–Crippen LogP) is 3.77. The quantitative estimate of drug-likeness (QED) is 0.531. The van der Waals surface area contributed by atoms with Crippen LogP contribution in [-0.4, -0.2) is 10.8 Å². The molecule has 0 fully saturated rings. The van der Waals surface area contributed by atoms with Crippen molar-refractivity contribution < 1.29 is 9.72 Å². The number of amides is 1. The number of nitro groups is 1. The summed E-state index contributed by atoms with van der Waals surface area (Å²) in [6.07, 6.45) is 3.43. The van der Waals surface area contributed by atoms with E-state index in [9.17, 15) is 14.9 Å². The summed E-state index contributed by atoms with van der Waals surface area (Å²) >= 11 is 0. The molecular weight excluding hydrogens is 304 g/mol. The van der Waals surface area contributed by atoms with Crippen molar-refractivity contribution in [3.05, 3.63) is 86.5 Å². The lowest BCUT2D eigenvalue weighted by Crippen LogP contribution is -2.16. The van der Waals surface area contributed by atoms with Crippen molar-refractivity contribution in [2.75, 3.05) is 0 Å². The van der Waals surface area contributed by atoms with Crippen molar-refractivity contribution >= 4 is 23.4 Å². The zero-order valence-electron chi connectivity index (χ0n) is 13.4. The van der Waals surface area contributed by atoms with Crippen LogP contribution in [-0.2, 0) is 4.79 Å². The Hall–Kier alpha value is -3.21. The van der Waals surface area contributed by atoms with Crippen LogP contribution in [0.2, 0.25) is 0 Å². The number of nitro benzene ring substituents is 1. The smallest absolute Gasteiger partial charge is 0.270 e. The second-order valence-electron chi connectivity index (χ2n) is 5.78. The van der Waals surface area contributed by atoms with E-state index in [0.29, 0.717) is 11.1 Å². The Kier molecular flexibility index (Phi) is 4.00. The van der Waals surface area contributed by atoms with Gasteiger partial charge in [0, 0.05) is 29.0 Å². The number of aryl methyl sites for hydroxylation is 2. The van der Waals surface area contributed by atoms with Gasteiger partial charge in [-0.15, -0.1) is 0 Å². The second-order valence-corrected chi connectivity index (χ2v) is 5.78.